The first kappa shape index (κ1) is 27.1. The molecule has 3 rings (SSSR count). The molecule has 0 spiro atoms. The highest BCUT2D eigenvalue weighted by Crippen LogP contribution is 2.26. The van der Waals surface area contributed by atoms with Crippen LogP contribution in [0.25, 0.3) is 11.1 Å². The Morgan fingerprint density at radius 1 is 0.853 bits per heavy atom. The molecule has 2 aromatic rings. The fraction of sp³-hybridized carbons (Fsp3) is 0.538. The van der Waals surface area contributed by atoms with Crippen molar-refractivity contribution in [2.75, 3.05) is 51.6 Å². The Balaban J connectivity index is 1.33. The summed E-state index contributed by atoms with van der Waals surface area (Å²) in [6.07, 6.45) is 4.25. The van der Waals surface area contributed by atoms with Gasteiger partial charge in [-0.1, -0.05) is 60.8 Å². The third-order valence-corrected chi connectivity index (χ3v) is 8.05. The monoisotopic (exact) mass is 507 g/mol. The number of halogens is 1. The number of hydrogen-bond acceptors (Lipinski definition) is 5. The molecule has 1 fully saturated rings. The predicted molar refractivity (Wildman–Crippen MR) is 141 cm³/mol. The zero-order valence-corrected chi connectivity index (χ0v) is 21.5. The van der Waals surface area contributed by atoms with Crippen molar-refractivity contribution in [2.24, 2.45) is 0 Å². The van der Waals surface area contributed by atoms with E-state index in [2.05, 4.69) is 50.9 Å². The van der Waals surface area contributed by atoms with Gasteiger partial charge >= 0.3 is 0 Å². The minimum atomic E-state index is -3.20. The van der Waals surface area contributed by atoms with E-state index in [0.29, 0.717) is 19.4 Å². The second kappa shape index (κ2) is 14.2. The number of piperazine rings is 1. The molecule has 1 heterocycles. The molecule has 0 unspecified atom stereocenters. The standard InChI is InChI=1S/C26H38ClN3O3S/c27-25-12-10-23(11-13-25)26-9-4-3-8-24(26)22-30-18-16-29(17-19-30)15-5-1-2-6-21-34(32,33)28-14-7-20-31/h3-4,8-13,28,31H,1-2,5-7,14-22H2. The molecule has 188 valence electrons. The number of aliphatic hydroxyl groups excluding tert-OH is 1. The smallest absolute Gasteiger partial charge is 0.211 e. The van der Waals surface area contributed by atoms with E-state index in [-0.39, 0.29) is 12.4 Å². The third-order valence-electron chi connectivity index (χ3n) is 6.33. The highest BCUT2D eigenvalue weighted by atomic mass is 35.5. The zero-order valence-electron chi connectivity index (χ0n) is 20.0. The van der Waals surface area contributed by atoms with Gasteiger partial charge in [0.2, 0.25) is 10.0 Å². The summed E-state index contributed by atoms with van der Waals surface area (Å²) < 4.78 is 26.2. The molecule has 0 aliphatic carbocycles. The Morgan fingerprint density at radius 2 is 1.53 bits per heavy atom. The minimum absolute atomic E-state index is 0.00742. The van der Waals surface area contributed by atoms with Gasteiger partial charge in [0, 0.05) is 50.9 Å². The molecular formula is C26H38ClN3O3S. The van der Waals surface area contributed by atoms with Crippen molar-refractivity contribution >= 4 is 21.6 Å². The zero-order chi connectivity index (χ0) is 24.2. The molecule has 0 aromatic heterocycles. The molecule has 0 atom stereocenters. The van der Waals surface area contributed by atoms with Crippen molar-refractivity contribution < 1.29 is 13.5 Å². The molecule has 0 amide bonds. The highest BCUT2D eigenvalue weighted by molar-refractivity contribution is 7.89. The van der Waals surface area contributed by atoms with Crippen LogP contribution in [0.5, 0.6) is 0 Å². The van der Waals surface area contributed by atoms with E-state index in [1.54, 1.807) is 0 Å². The Morgan fingerprint density at radius 3 is 2.26 bits per heavy atom. The van der Waals surface area contributed by atoms with E-state index in [0.717, 1.165) is 63.6 Å². The van der Waals surface area contributed by atoms with E-state index in [4.69, 9.17) is 16.7 Å². The topological polar surface area (TPSA) is 72.9 Å². The Labute approximate surface area is 210 Å². The molecule has 0 radical (unpaired) electrons. The van der Waals surface area contributed by atoms with Gasteiger partial charge in [0.15, 0.2) is 0 Å². The van der Waals surface area contributed by atoms with Crippen molar-refractivity contribution in [3.63, 3.8) is 0 Å². The van der Waals surface area contributed by atoms with Crippen molar-refractivity contribution in [3.8, 4) is 11.1 Å². The van der Waals surface area contributed by atoms with Crippen LogP contribution < -0.4 is 4.72 Å². The summed E-state index contributed by atoms with van der Waals surface area (Å²) in [5, 5.41) is 9.50. The molecule has 1 aliphatic rings. The molecule has 6 nitrogen and oxygen atoms in total. The molecule has 2 N–H and O–H groups in total. The fourth-order valence-corrected chi connectivity index (χ4v) is 5.65. The number of aliphatic hydroxyl groups is 1. The second-order valence-electron chi connectivity index (χ2n) is 8.99. The van der Waals surface area contributed by atoms with Gasteiger partial charge in [0.05, 0.1) is 5.75 Å². The lowest BCUT2D eigenvalue weighted by atomic mass is 9.99. The van der Waals surface area contributed by atoms with Crippen LogP contribution >= 0.6 is 11.6 Å². The average Bonchev–Trinajstić information content (AvgIpc) is 2.83. The lowest BCUT2D eigenvalue weighted by Crippen LogP contribution is -2.46. The average molecular weight is 508 g/mol. The lowest BCUT2D eigenvalue weighted by Gasteiger charge is -2.35. The fourth-order valence-electron chi connectivity index (χ4n) is 4.34. The van der Waals surface area contributed by atoms with E-state index in [9.17, 15) is 8.42 Å². The first-order valence-electron chi connectivity index (χ1n) is 12.3. The summed E-state index contributed by atoms with van der Waals surface area (Å²) in [4.78, 5) is 5.05. The van der Waals surface area contributed by atoms with E-state index in [1.807, 2.05) is 12.1 Å². The SMILES string of the molecule is O=S(=O)(CCCCCCN1CCN(Cc2ccccc2-c2ccc(Cl)cc2)CC1)NCCCO. The Bertz CT molecular complexity index is 962. The quantitative estimate of drug-likeness (QED) is 0.378. The van der Waals surface area contributed by atoms with Crippen molar-refractivity contribution in [1.29, 1.82) is 0 Å². The lowest BCUT2D eigenvalue weighted by molar-refractivity contribution is 0.125. The van der Waals surface area contributed by atoms with Gasteiger partial charge in [-0.05, 0) is 54.6 Å². The first-order chi connectivity index (χ1) is 16.5. The molecule has 0 saturated carbocycles. The van der Waals surface area contributed by atoms with Gasteiger partial charge in [-0.3, -0.25) is 4.90 Å². The number of hydrogen-bond donors (Lipinski definition) is 2. The second-order valence-corrected chi connectivity index (χ2v) is 11.3. The summed E-state index contributed by atoms with van der Waals surface area (Å²) in [6.45, 7) is 6.63. The summed E-state index contributed by atoms with van der Waals surface area (Å²) in [7, 11) is -3.20. The maximum Gasteiger partial charge on any atom is 0.211 e. The summed E-state index contributed by atoms with van der Waals surface area (Å²) in [6, 6.07) is 16.7. The summed E-state index contributed by atoms with van der Waals surface area (Å²) in [5.41, 5.74) is 3.82. The van der Waals surface area contributed by atoms with Crippen LogP contribution in [0.1, 0.15) is 37.7 Å². The van der Waals surface area contributed by atoms with Crippen LogP contribution in [0.2, 0.25) is 5.02 Å². The molecule has 8 heteroatoms. The van der Waals surface area contributed by atoms with Crippen LogP contribution in [-0.2, 0) is 16.6 Å². The van der Waals surface area contributed by atoms with Gasteiger partial charge in [-0.2, -0.15) is 0 Å². The van der Waals surface area contributed by atoms with Crippen LogP contribution in [0.4, 0.5) is 0 Å². The number of benzene rings is 2. The molecule has 1 aliphatic heterocycles. The Kier molecular flexibility index (Phi) is 11.3. The van der Waals surface area contributed by atoms with E-state index in [1.165, 1.54) is 16.7 Å². The van der Waals surface area contributed by atoms with Crippen LogP contribution in [0.3, 0.4) is 0 Å². The third kappa shape index (κ3) is 9.29. The number of rotatable bonds is 14. The van der Waals surface area contributed by atoms with Gasteiger partial charge in [0.25, 0.3) is 0 Å². The summed E-state index contributed by atoms with van der Waals surface area (Å²) in [5.74, 6) is 0.175. The van der Waals surface area contributed by atoms with Crippen LogP contribution in [-0.4, -0.2) is 75.0 Å². The normalized spacial score (nSPS) is 15.6. The van der Waals surface area contributed by atoms with E-state index < -0.39 is 10.0 Å². The first-order valence-corrected chi connectivity index (χ1v) is 14.4. The van der Waals surface area contributed by atoms with Gasteiger partial charge in [-0.15, -0.1) is 0 Å². The predicted octanol–water partition coefficient (Wildman–Crippen LogP) is 3.99. The minimum Gasteiger partial charge on any atom is -0.396 e. The van der Waals surface area contributed by atoms with Crippen molar-refractivity contribution in [3.05, 3.63) is 59.1 Å². The molecule has 1 saturated heterocycles. The molecular weight excluding hydrogens is 470 g/mol. The van der Waals surface area contributed by atoms with Gasteiger partial charge in [0.1, 0.15) is 0 Å². The van der Waals surface area contributed by atoms with Crippen molar-refractivity contribution in [1.82, 2.24) is 14.5 Å². The van der Waals surface area contributed by atoms with Crippen LogP contribution in [0.15, 0.2) is 48.5 Å². The largest absolute Gasteiger partial charge is 0.396 e. The molecule has 0 bridgehead atoms. The molecule has 34 heavy (non-hydrogen) atoms. The van der Waals surface area contributed by atoms with E-state index >= 15 is 0 Å². The van der Waals surface area contributed by atoms with Gasteiger partial charge < -0.3 is 10.0 Å². The highest BCUT2D eigenvalue weighted by Gasteiger charge is 2.18. The number of nitrogens with zero attached hydrogens (tertiary/aromatic N) is 2. The summed E-state index contributed by atoms with van der Waals surface area (Å²) >= 11 is 6.06. The number of unbranched alkanes of at least 4 members (excludes halogenated alkanes) is 3. The maximum absolute atomic E-state index is 11.9. The van der Waals surface area contributed by atoms with Crippen LogP contribution in [0, 0.1) is 0 Å². The maximum atomic E-state index is 11.9. The molecule has 2 aromatic carbocycles. The Hall–Kier alpha value is -1.48. The number of nitrogens with one attached hydrogen (secondary N) is 1. The van der Waals surface area contributed by atoms with Crippen molar-refractivity contribution in [2.45, 2.75) is 38.6 Å². The number of sulfonamides is 1. The van der Waals surface area contributed by atoms with Gasteiger partial charge in [-0.25, -0.2) is 13.1 Å².